The number of hydrogen-bond acceptors (Lipinski definition) is 9. The minimum atomic E-state index is -2.23. The third kappa shape index (κ3) is 8.51. The number of carbonyl (C=O) groups is 2. The fraction of sp³-hybridized carbons (Fsp3) is 0.875. The molecule has 2 saturated carbocycles. The van der Waals surface area contributed by atoms with Gasteiger partial charge < -0.3 is 33.9 Å². The van der Waals surface area contributed by atoms with Gasteiger partial charge >= 0.3 is 5.97 Å². The lowest BCUT2D eigenvalue weighted by Gasteiger charge is -2.59. The average Bonchev–Trinajstić information content (AvgIpc) is 3.81. The number of fused-ring (bicyclic) bond motifs is 3. The number of esters is 1. The summed E-state index contributed by atoms with van der Waals surface area (Å²) in [6.45, 7) is 14.4. The van der Waals surface area contributed by atoms with Crippen molar-refractivity contribution in [2.24, 2.45) is 17.8 Å². The van der Waals surface area contributed by atoms with E-state index in [1.165, 1.54) is 103 Å². The average molecular weight is 799 g/mol. The first kappa shape index (κ1) is 44.9. The van der Waals surface area contributed by atoms with Crippen LogP contribution in [0.1, 0.15) is 195 Å². The summed E-state index contributed by atoms with van der Waals surface area (Å²) in [5, 5.41) is 25.0. The molecule has 0 amide bonds. The molecule has 9 heteroatoms. The van der Waals surface area contributed by atoms with Gasteiger partial charge in [-0.2, -0.15) is 0 Å². The number of hydrogen-bond donors (Lipinski definition) is 2. The van der Waals surface area contributed by atoms with Crippen molar-refractivity contribution in [2.45, 2.75) is 242 Å². The van der Waals surface area contributed by atoms with Crippen molar-refractivity contribution in [1.82, 2.24) is 0 Å². The first-order valence-electron chi connectivity index (χ1n) is 23.6. The highest BCUT2D eigenvalue weighted by Crippen LogP contribution is 2.73. The second-order valence-electron chi connectivity index (χ2n) is 19.2. The van der Waals surface area contributed by atoms with E-state index in [-0.39, 0.29) is 24.9 Å². The number of rotatable bonds is 27. The van der Waals surface area contributed by atoms with Crippen molar-refractivity contribution in [2.75, 3.05) is 6.61 Å². The predicted octanol–water partition coefficient (Wildman–Crippen LogP) is 10.1. The summed E-state index contributed by atoms with van der Waals surface area (Å²) in [5.74, 6) is -3.91. The molecule has 0 spiro atoms. The van der Waals surface area contributed by atoms with Crippen LogP contribution in [0, 0.1) is 17.8 Å². The van der Waals surface area contributed by atoms with Gasteiger partial charge in [-0.15, -0.1) is 0 Å². The van der Waals surface area contributed by atoms with Crippen molar-refractivity contribution in [3.8, 4) is 0 Å². The Kier molecular flexibility index (Phi) is 14.9. The highest BCUT2D eigenvalue weighted by Gasteiger charge is 2.88. The van der Waals surface area contributed by atoms with Gasteiger partial charge in [-0.1, -0.05) is 162 Å². The zero-order chi connectivity index (χ0) is 40.9. The number of ether oxygens (including phenoxy) is 5. The standard InChI is InChI=1S/C48H78O9/c1-7-9-11-13-15-17-18-19-20-21-23-25-27-29-38(49)53-33-45-42(54-45)39-41-44(34(3)4)32-36(6)48(39,37-31-35(5)40(50)47(37,52)43(45)51)57-46(55-41,56-44)30-28-26-24-22-16-14-12-10-8-2/h31,36-37,39,41-43,51-52H,3,7-30,32-33H2,1-2,4-6H3/t36-,37-,39-,41-,42+,43-,44-,45+,46+,47-,48+/m1/s1. The van der Waals surface area contributed by atoms with Crippen molar-refractivity contribution in [1.29, 1.82) is 0 Å². The second kappa shape index (κ2) is 19.0. The molecule has 0 radical (unpaired) electrons. The third-order valence-electron chi connectivity index (χ3n) is 15.0. The normalized spacial score (nSPS) is 38.4. The first-order valence-corrected chi connectivity index (χ1v) is 23.6. The largest absolute Gasteiger partial charge is 0.462 e. The van der Waals surface area contributed by atoms with Crippen LogP contribution in [0.25, 0.3) is 0 Å². The van der Waals surface area contributed by atoms with Crippen molar-refractivity contribution < 1.29 is 43.5 Å². The van der Waals surface area contributed by atoms with E-state index < -0.39 is 64.3 Å². The Labute approximate surface area is 344 Å². The molecule has 11 atom stereocenters. The summed E-state index contributed by atoms with van der Waals surface area (Å²) in [6, 6.07) is 0. The Bertz CT molecular complexity index is 1430. The van der Waals surface area contributed by atoms with Gasteiger partial charge in [0, 0.05) is 24.7 Å². The summed E-state index contributed by atoms with van der Waals surface area (Å²) in [7, 11) is 0. The van der Waals surface area contributed by atoms with Crippen molar-refractivity contribution >= 4 is 11.8 Å². The lowest BCUT2D eigenvalue weighted by Crippen LogP contribution is -2.72. The number of aliphatic hydroxyl groups excluding tert-OH is 1. The van der Waals surface area contributed by atoms with Crippen LogP contribution in [0.5, 0.6) is 0 Å². The molecular weight excluding hydrogens is 721 g/mol. The van der Waals surface area contributed by atoms with Crippen LogP contribution < -0.4 is 0 Å². The minimum Gasteiger partial charge on any atom is -0.462 e. The van der Waals surface area contributed by atoms with E-state index in [2.05, 4.69) is 27.4 Å². The van der Waals surface area contributed by atoms with Crippen LogP contribution in [-0.4, -0.2) is 75.3 Å². The lowest BCUT2D eigenvalue weighted by atomic mass is 9.54. The smallest absolute Gasteiger partial charge is 0.305 e. The monoisotopic (exact) mass is 799 g/mol. The summed E-state index contributed by atoms with van der Waals surface area (Å²) in [5.41, 5.74) is -4.55. The topological polar surface area (TPSA) is 124 Å². The molecule has 0 unspecified atom stereocenters. The predicted molar refractivity (Wildman–Crippen MR) is 221 cm³/mol. The van der Waals surface area contributed by atoms with E-state index in [0.29, 0.717) is 18.4 Å². The molecule has 3 aliphatic carbocycles. The van der Waals surface area contributed by atoms with Crippen LogP contribution >= 0.6 is 0 Å². The number of aliphatic hydroxyl groups is 2. The molecule has 57 heavy (non-hydrogen) atoms. The molecule has 0 aromatic carbocycles. The summed E-state index contributed by atoms with van der Waals surface area (Å²) >= 11 is 0. The fourth-order valence-electron chi connectivity index (χ4n) is 11.7. The number of carbonyl (C=O) groups excluding carboxylic acids is 2. The SMILES string of the molecule is C=C(C)[C@]12C[C@@H](C)[C@@]34O[C@@](CCCCCCCCCCC)(O[C@@H]1[C@@H]3[C@@H]1O[C@]1(COC(=O)CCCCCCCCCCCCCCC)[C@@H](O)[C@]1(O)C(=O)C(C)=C[C@H]14)O2. The Morgan fingerprint density at radius 3 is 1.88 bits per heavy atom. The molecule has 0 aromatic heterocycles. The van der Waals surface area contributed by atoms with Gasteiger partial charge in [-0.05, 0) is 50.2 Å². The van der Waals surface area contributed by atoms with Gasteiger partial charge in [0.25, 0.3) is 5.97 Å². The van der Waals surface area contributed by atoms with E-state index >= 15 is 0 Å². The molecule has 5 fully saturated rings. The van der Waals surface area contributed by atoms with Crippen LogP contribution in [-0.2, 0) is 33.3 Å². The quantitative estimate of drug-likeness (QED) is 0.0362. The van der Waals surface area contributed by atoms with Crippen LogP contribution in [0.4, 0.5) is 0 Å². The summed E-state index contributed by atoms with van der Waals surface area (Å²) in [6.07, 6.45) is 26.6. The molecule has 6 rings (SSSR count). The zero-order valence-corrected chi connectivity index (χ0v) is 36.4. The summed E-state index contributed by atoms with van der Waals surface area (Å²) in [4.78, 5) is 27.3. The lowest BCUT2D eigenvalue weighted by molar-refractivity contribution is -0.430. The second-order valence-corrected chi connectivity index (χ2v) is 19.2. The van der Waals surface area contributed by atoms with Gasteiger partial charge in [0.1, 0.15) is 30.5 Å². The van der Waals surface area contributed by atoms with Gasteiger partial charge in [0.05, 0.1) is 5.60 Å². The maximum atomic E-state index is 14.1. The molecule has 3 aliphatic heterocycles. The molecular formula is C48H78O9. The molecule has 6 aliphatic rings. The van der Waals surface area contributed by atoms with Crippen molar-refractivity contribution in [3.63, 3.8) is 0 Å². The summed E-state index contributed by atoms with van der Waals surface area (Å²) < 4.78 is 33.6. The molecule has 2 N–H and O–H groups in total. The number of epoxide rings is 1. The highest BCUT2D eigenvalue weighted by molar-refractivity contribution is 6.05. The third-order valence-corrected chi connectivity index (χ3v) is 15.0. The number of ketones is 1. The van der Waals surface area contributed by atoms with Gasteiger partial charge in [-0.25, -0.2) is 0 Å². The Morgan fingerprint density at radius 2 is 1.33 bits per heavy atom. The number of unbranched alkanes of at least 4 members (excludes halogenated alkanes) is 20. The molecule has 0 aromatic rings. The van der Waals surface area contributed by atoms with E-state index in [4.69, 9.17) is 23.7 Å². The van der Waals surface area contributed by atoms with Gasteiger partial charge in [0.15, 0.2) is 17.0 Å². The van der Waals surface area contributed by atoms with E-state index in [1.807, 2.05) is 6.92 Å². The molecule has 9 nitrogen and oxygen atoms in total. The highest BCUT2D eigenvalue weighted by atomic mass is 16.9. The molecule has 3 saturated heterocycles. The van der Waals surface area contributed by atoms with E-state index in [9.17, 15) is 19.8 Å². The fourth-order valence-corrected chi connectivity index (χ4v) is 11.7. The zero-order valence-electron chi connectivity index (χ0n) is 36.4. The molecule has 324 valence electrons. The van der Waals surface area contributed by atoms with Crippen LogP contribution in [0.15, 0.2) is 23.8 Å². The Morgan fingerprint density at radius 1 is 0.807 bits per heavy atom. The Balaban J connectivity index is 1.10. The van der Waals surface area contributed by atoms with Gasteiger partial charge in [0.2, 0.25) is 0 Å². The van der Waals surface area contributed by atoms with Crippen molar-refractivity contribution in [3.05, 3.63) is 23.8 Å². The van der Waals surface area contributed by atoms with Gasteiger partial charge in [-0.3, -0.25) is 9.59 Å². The Hall–Kier alpha value is -1.62. The number of Topliss-reactive ketones (excluding diaryl/α,β-unsaturated/α-hetero) is 1. The van der Waals surface area contributed by atoms with Crippen LogP contribution in [0.2, 0.25) is 0 Å². The van der Waals surface area contributed by atoms with E-state index in [1.54, 1.807) is 13.0 Å². The first-order chi connectivity index (χ1) is 27.4. The molecule has 3 heterocycles. The maximum absolute atomic E-state index is 14.1. The van der Waals surface area contributed by atoms with E-state index in [0.717, 1.165) is 44.1 Å². The minimum absolute atomic E-state index is 0.221. The molecule has 3 bridgehead atoms. The maximum Gasteiger partial charge on any atom is 0.305 e. The van der Waals surface area contributed by atoms with Crippen LogP contribution in [0.3, 0.4) is 0 Å².